The predicted octanol–water partition coefficient (Wildman–Crippen LogP) is 0.0678. The van der Waals surface area contributed by atoms with Crippen LogP contribution >= 0.6 is 0 Å². The monoisotopic (exact) mass is 218 g/mol. The topological polar surface area (TPSA) is 58.2 Å². The second-order valence-corrected chi connectivity index (χ2v) is 6.23. The van der Waals surface area contributed by atoms with Gasteiger partial charge in [-0.2, -0.15) is 0 Å². The highest BCUT2D eigenvalue weighted by atomic mass is 32.2. The summed E-state index contributed by atoms with van der Waals surface area (Å²) in [6.07, 6.45) is 4.21. The lowest BCUT2D eigenvalue weighted by atomic mass is 10.3. The first kappa shape index (κ1) is 10.4. The van der Waals surface area contributed by atoms with Gasteiger partial charge in [-0.25, -0.2) is 13.1 Å². The molecule has 1 heterocycles. The van der Waals surface area contributed by atoms with Crippen LogP contribution in [0.25, 0.3) is 0 Å². The van der Waals surface area contributed by atoms with Crippen molar-refractivity contribution in [2.75, 3.05) is 18.8 Å². The van der Waals surface area contributed by atoms with Gasteiger partial charge < -0.3 is 5.32 Å². The predicted molar refractivity (Wildman–Crippen MR) is 55.5 cm³/mol. The maximum Gasteiger partial charge on any atom is 0.211 e. The third-order valence-corrected chi connectivity index (χ3v) is 4.36. The normalized spacial score (nSPS) is 28.1. The first-order valence-electron chi connectivity index (χ1n) is 5.36. The Balaban J connectivity index is 1.75. The van der Waals surface area contributed by atoms with Crippen LogP contribution < -0.4 is 10.0 Å². The Bertz CT molecular complexity index is 279. The minimum atomic E-state index is -3.01. The van der Waals surface area contributed by atoms with Crippen LogP contribution in [0.4, 0.5) is 0 Å². The second-order valence-electron chi connectivity index (χ2n) is 4.36. The minimum Gasteiger partial charge on any atom is -0.315 e. The van der Waals surface area contributed by atoms with Gasteiger partial charge in [-0.15, -0.1) is 0 Å². The van der Waals surface area contributed by atoms with Crippen LogP contribution in [0.5, 0.6) is 0 Å². The highest BCUT2D eigenvalue weighted by Gasteiger charge is 2.26. The SMILES string of the molecule is O=S(=O)(CCC1CC1)NC1CCNC1. The Kier molecular flexibility index (Phi) is 3.09. The Hall–Kier alpha value is -0.130. The molecule has 0 radical (unpaired) electrons. The Morgan fingerprint density at radius 2 is 2.07 bits per heavy atom. The van der Waals surface area contributed by atoms with Crippen LogP contribution in [0.3, 0.4) is 0 Å². The zero-order valence-corrected chi connectivity index (χ0v) is 9.15. The van der Waals surface area contributed by atoms with E-state index in [9.17, 15) is 8.42 Å². The summed E-state index contributed by atoms with van der Waals surface area (Å²) in [5.41, 5.74) is 0. The van der Waals surface area contributed by atoms with E-state index in [2.05, 4.69) is 10.0 Å². The average molecular weight is 218 g/mol. The summed E-state index contributed by atoms with van der Waals surface area (Å²) < 4.78 is 25.9. The molecule has 0 aromatic carbocycles. The number of hydrogen-bond acceptors (Lipinski definition) is 3. The molecule has 0 amide bonds. The van der Waals surface area contributed by atoms with Gasteiger partial charge >= 0.3 is 0 Å². The highest BCUT2D eigenvalue weighted by molar-refractivity contribution is 7.89. The third kappa shape index (κ3) is 3.22. The molecule has 1 unspecified atom stereocenters. The van der Waals surface area contributed by atoms with Crippen molar-refractivity contribution in [3.63, 3.8) is 0 Å². The summed E-state index contributed by atoms with van der Waals surface area (Å²) in [5, 5.41) is 3.15. The van der Waals surface area contributed by atoms with Crippen LogP contribution in [0, 0.1) is 5.92 Å². The van der Waals surface area contributed by atoms with Gasteiger partial charge in [-0.05, 0) is 25.3 Å². The van der Waals surface area contributed by atoms with E-state index in [-0.39, 0.29) is 6.04 Å². The molecule has 0 bridgehead atoms. The van der Waals surface area contributed by atoms with E-state index in [1.54, 1.807) is 0 Å². The molecule has 0 spiro atoms. The molecule has 0 aromatic heterocycles. The maximum atomic E-state index is 11.6. The van der Waals surface area contributed by atoms with Crippen molar-refractivity contribution < 1.29 is 8.42 Å². The maximum absolute atomic E-state index is 11.6. The second kappa shape index (κ2) is 4.16. The number of rotatable bonds is 5. The molecule has 5 heteroatoms. The van der Waals surface area contributed by atoms with E-state index in [1.807, 2.05) is 0 Å². The molecule has 4 nitrogen and oxygen atoms in total. The molecule has 2 aliphatic rings. The summed E-state index contributed by atoms with van der Waals surface area (Å²) >= 11 is 0. The summed E-state index contributed by atoms with van der Waals surface area (Å²) in [7, 11) is -3.01. The van der Waals surface area contributed by atoms with Crippen LogP contribution in [-0.4, -0.2) is 33.3 Å². The van der Waals surface area contributed by atoms with Crippen molar-refractivity contribution in [1.29, 1.82) is 0 Å². The molecule has 1 saturated carbocycles. The molecule has 2 N–H and O–H groups in total. The molecule has 2 fully saturated rings. The van der Waals surface area contributed by atoms with E-state index >= 15 is 0 Å². The van der Waals surface area contributed by atoms with Crippen LogP contribution in [0.15, 0.2) is 0 Å². The summed E-state index contributed by atoms with van der Waals surface area (Å²) in [4.78, 5) is 0. The van der Waals surface area contributed by atoms with Gasteiger partial charge in [0.2, 0.25) is 10.0 Å². The van der Waals surface area contributed by atoms with Gasteiger partial charge in [-0.3, -0.25) is 0 Å². The van der Waals surface area contributed by atoms with E-state index in [0.29, 0.717) is 11.7 Å². The summed E-state index contributed by atoms with van der Waals surface area (Å²) in [5.74, 6) is 1.00. The lowest BCUT2D eigenvalue weighted by Crippen LogP contribution is -2.37. The third-order valence-electron chi connectivity index (χ3n) is 2.90. The van der Waals surface area contributed by atoms with Crippen molar-refractivity contribution in [2.24, 2.45) is 5.92 Å². The van der Waals surface area contributed by atoms with Crippen LogP contribution in [0.2, 0.25) is 0 Å². The Morgan fingerprint density at radius 3 is 2.64 bits per heavy atom. The zero-order chi connectivity index (χ0) is 10.0. The van der Waals surface area contributed by atoms with Crippen molar-refractivity contribution in [2.45, 2.75) is 31.7 Å². The Morgan fingerprint density at radius 1 is 1.29 bits per heavy atom. The fourth-order valence-electron chi connectivity index (χ4n) is 1.80. The number of nitrogens with one attached hydrogen (secondary N) is 2. The van der Waals surface area contributed by atoms with Crippen molar-refractivity contribution >= 4 is 10.0 Å². The fraction of sp³-hybridized carbons (Fsp3) is 1.00. The molecule has 1 saturated heterocycles. The van der Waals surface area contributed by atoms with E-state index in [0.717, 1.165) is 25.9 Å². The summed E-state index contributed by atoms with van der Waals surface area (Å²) in [6.45, 7) is 1.71. The van der Waals surface area contributed by atoms with Gasteiger partial charge in [0.25, 0.3) is 0 Å². The van der Waals surface area contributed by atoms with Gasteiger partial charge in [0.05, 0.1) is 5.75 Å². The molecular formula is C9H18N2O2S. The molecular weight excluding hydrogens is 200 g/mol. The molecule has 0 aromatic rings. The van der Waals surface area contributed by atoms with Gasteiger partial charge in [0, 0.05) is 12.6 Å². The number of sulfonamides is 1. The molecule has 2 rings (SSSR count). The first-order chi connectivity index (χ1) is 6.66. The van der Waals surface area contributed by atoms with Crippen molar-refractivity contribution in [3.05, 3.63) is 0 Å². The van der Waals surface area contributed by atoms with E-state index in [4.69, 9.17) is 0 Å². The van der Waals surface area contributed by atoms with Crippen LogP contribution in [-0.2, 0) is 10.0 Å². The molecule has 1 atom stereocenters. The van der Waals surface area contributed by atoms with Crippen molar-refractivity contribution in [1.82, 2.24) is 10.0 Å². The largest absolute Gasteiger partial charge is 0.315 e. The Labute approximate surface area is 85.5 Å². The van der Waals surface area contributed by atoms with Crippen LogP contribution in [0.1, 0.15) is 25.7 Å². The van der Waals surface area contributed by atoms with Crippen molar-refractivity contribution in [3.8, 4) is 0 Å². The van der Waals surface area contributed by atoms with Gasteiger partial charge in [0.1, 0.15) is 0 Å². The van der Waals surface area contributed by atoms with Gasteiger partial charge in [-0.1, -0.05) is 12.8 Å². The standard InChI is InChI=1S/C9H18N2O2S/c12-14(13,6-4-8-1-2-8)11-9-3-5-10-7-9/h8-11H,1-7H2. The zero-order valence-electron chi connectivity index (χ0n) is 8.33. The van der Waals surface area contributed by atoms with E-state index < -0.39 is 10.0 Å². The highest BCUT2D eigenvalue weighted by Crippen LogP contribution is 2.32. The number of hydrogen-bond donors (Lipinski definition) is 2. The molecule has 1 aliphatic carbocycles. The minimum absolute atomic E-state index is 0.124. The lowest BCUT2D eigenvalue weighted by Gasteiger charge is -2.11. The van der Waals surface area contributed by atoms with Gasteiger partial charge in [0.15, 0.2) is 0 Å². The average Bonchev–Trinajstić information content (AvgIpc) is 2.82. The molecule has 1 aliphatic heterocycles. The molecule has 82 valence electrons. The quantitative estimate of drug-likeness (QED) is 0.686. The van der Waals surface area contributed by atoms with E-state index in [1.165, 1.54) is 12.8 Å². The summed E-state index contributed by atoms with van der Waals surface area (Å²) in [6, 6.07) is 0.124. The smallest absolute Gasteiger partial charge is 0.211 e. The first-order valence-corrected chi connectivity index (χ1v) is 7.02. The fourth-order valence-corrected chi connectivity index (χ4v) is 3.27. The lowest BCUT2D eigenvalue weighted by molar-refractivity contribution is 0.555. The molecule has 14 heavy (non-hydrogen) atoms.